The van der Waals surface area contributed by atoms with E-state index >= 15 is 0 Å². The van der Waals surface area contributed by atoms with E-state index in [1.54, 1.807) is 16.5 Å². The third-order valence-corrected chi connectivity index (χ3v) is 0. The number of hydrogen-bond donors (Lipinski definition) is 4. The Morgan fingerprint density at radius 1 is 0.900 bits per heavy atom. The number of rotatable bonds is 0. The van der Waals surface area contributed by atoms with E-state index in [-0.39, 0.29) is 0 Å². The predicted octanol–water partition coefficient (Wildman–Crippen LogP) is -1.78. The molecule has 10 heavy (non-hydrogen) atoms. The first-order valence-corrected chi connectivity index (χ1v) is 7.46. The van der Waals surface area contributed by atoms with Crippen molar-refractivity contribution >= 4 is 9.85 Å². The van der Waals surface area contributed by atoms with Crippen molar-refractivity contribution in [1.82, 2.24) is 0 Å². The van der Waals surface area contributed by atoms with Gasteiger partial charge in [0.2, 0.25) is 0 Å². The maximum atomic E-state index is 8.81. The Kier molecular flexibility index (Phi) is 30.2. The zero-order chi connectivity index (χ0) is 9.15. The van der Waals surface area contributed by atoms with E-state index in [0.29, 0.717) is 0 Å². The van der Waals surface area contributed by atoms with Gasteiger partial charge in [0.05, 0.1) is 0 Å². The van der Waals surface area contributed by atoms with Crippen LogP contribution in [0.2, 0.25) is 0 Å². The number of hydrogen-bond acceptors (Lipinski definition) is 2. The fourth-order valence-corrected chi connectivity index (χ4v) is 0. The molecule has 0 aromatic carbocycles. The maximum absolute atomic E-state index is 8.81. The standard InChI is InChI=1S/ClH.4H2O.2O.2Ti.V/h1H;4*1H2;;;;;/q;;;;;;;2*+2;+1/p-5. The molecule has 0 bridgehead atoms. The summed E-state index contributed by atoms with van der Waals surface area (Å²) < 4.78 is 46.5. The molecule has 0 saturated carbocycles. The van der Waals surface area contributed by atoms with E-state index in [1.807, 2.05) is 0 Å². The molecular formula is H4ClO6Ti2V. The normalized spacial score (nSPS) is 5.70. The summed E-state index contributed by atoms with van der Waals surface area (Å²) in [5.74, 6) is 0. The summed E-state index contributed by atoms with van der Waals surface area (Å²) in [6.07, 6.45) is 0. The van der Waals surface area contributed by atoms with Crippen molar-refractivity contribution in [3.63, 3.8) is 0 Å². The van der Waals surface area contributed by atoms with Crippen LogP contribution in [0, 0.1) is 0 Å². The summed E-state index contributed by atoms with van der Waals surface area (Å²) in [6, 6.07) is 0. The first kappa shape index (κ1) is 17.7. The minimum absolute atomic E-state index is 1.78. The second-order valence-corrected chi connectivity index (χ2v) is 2.33. The summed E-state index contributed by atoms with van der Waals surface area (Å²) in [5.41, 5.74) is 0. The first-order valence-electron chi connectivity index (χ1n) is 1.47. The summed E-state index contributed by atoms with van der Waals surface area (Å²) in [5, 5.41) is 0. The quantitative estimate of drug-likeness (QED) is 0.390. The molecule has 4 N–H and O–H groups in total. The van der Waals surface area contributed by atoms with Crippen LogP contribution in [0.3, 0.4) is 0 Å². The molecule has 0 atom stereocenters. The molecule has 10 heteroatoms. The van der Waals surface area contributed by atoms with Crippen molar-refractivity contribution in [3.05, 3.63) is 0 Å². The van der Waals surface area contributed by atoms with Gasteiger partial charge in [-0.3, -0.25) is 0 Å². The molecule has 0 aliphatic carbocycles. The van der Waals surface area contributed by atoms with Gasteiger partial charge in [0.15, 0.2) is 0 Å². The van der Waals surface area contributed by atoms with E-state index in [1.165, 1.54) is 0 Å². The van der Waals surface area contributed by atoms with E-state index in [2.05, 4.69) is 9.85 Å². The van der Waals surface area contributed by atoms with Crippen LogP contribution in [0.15, 0.2) is 0 Å². The summed E-state index contributed by atoms with van der Waals surface area (Å²) >= 11 is -5.38. The Labute approximate surface area is 84.1 Å². The van der Waals surface area contributed by atoms with Gasteiger partial charge in [0.25, 0.3) is 0 Å². The molecule has 0 fully saturated rings. The average molecular weight is 282 g/mol. The molecule has 0 spiro atoms. The van der Waals surface area contributed by atoms with Crippen molar-refractivity contribution in [2.24, 2.45) is 0 Å². The van der Waals surface area contributed by atoms with Crippen molar-refractivity contribution < 1.29 is 75.1 Å². The molecule has 0 aromatic heterocycles. The zero-order valence-electron chi connectivity index (χ0n) is 4.43. The zero-order valence-corrected chi connectivity index (χ0v) is 9.71. The van der Waals surface area contributed by atoms with Crippen LogP contribution in [0.1, 0.15) is 0 Å². The summed E-state index contributed by atoms with van der Waals surface area (Å²) in [6.45, 7) is 0. The monoisotopic (exact) mass is 282 g/mol. The molecule has 60 valence electrons. The van der Waals surface area contributed by atoms with Crippen LogP contribution in [0.25, 0.3) is 0 Å². The molecule has 6 nitrogen and oxygen atoms in total. The van der Waals surface area contributed by atoms with Crippen molar-refractivity contribution in [2.45, 2.75) is 0 Å². The molecule has 0 aliphatic rings. The van der Waals surface area contributed by atoms with Gasteiger partial charge < -0.3 is 0 Å². The molecular weight excluding hydrogens is 278 g/mol. The van der Waals surface area contributed by atoms with Crippen molar-refractivity contribution in [1.29, 1.82) is 0 Å². The Morgan fingerprint density at radius 3 is 0.900 bits per heavy atom. The van der Waals surface area contributed by atoms with E-state index in [4.69, 9.17) is 21.4 Å². The molecule has 0 aromatic rings. The van der Waals surface area contributed by atoms with Gasteiger partial charge in [-0.2, -0.15) is 0 Å². The molecule has 0 aliphatic heterocycles. The number of halogens is 1. The molecule has 0 unspecified atom stereocenters. The van der Waals surface area contributed by atoms with Gasteiger partial charge in [-0.05, 0) is 0 Å². The molecule has 0 heterocycles. The van der Waals surface area contributed by atoms with Crippen LogP contribution in [0.4, 0.5) is 0 Å². The summed E-state index contributed by atoms with van der Waals surface area (Å²) in [7, 11) is 4.58. The van der Waals surface area contributed by atoms with Gasteiger partial charge in [-0.25, -0.2) is 0 Å². The third-order valence-electron chi connectivity index (χ3n) is 0. The third kappa shape index (κ3) is 245. The van der Waals surface area contributed by atoms with E-state index in [0.717, 1.165) is 0 Å². The Morgan fingerprint density at radius 2 is 0.900 bits per heavy atom. The van der Waals surface area contributed by atoms with Crippen LogP contribution < -0.4 is 0 Å². The fraction of sp³-hybridized carbons (Fsp3) is 0. The van der Waals surface area contributed by atoms with Gasteiger partial charge in [0, 0.05) is 0 Å². The van der Waals surface area contributed by atoms with Gasteiger partial charge in [0.1, 0.15) is 0 Å². The molecule has 0 rings (SSSR count). The Hall–Kier alpha value is 1.74. The molecule has 0 saturated heterocycles. The molecule has 0 radical (unpaired) electrons. The van der Waals surface area contributed by atoms with Crippen molar-refractivity contribution in [3.8, 4) is 0 Å². The van der Waals surface area contributed by atoms with Gasteiger partial charge in [-0.1, -0.05) is 0 Å². The predicted molar refractivity (Wildman–Crippen MR) is 16.1 cm³/mol. The Bertz CT molecular complexity index is 73.7. The van der Waals surface area contributed by atoms with Gasteiger partial charge >= 0.3 is 84.9 Å². The van der Waals surface area contributed by atoms with E-state index < -0.39 is 37.2 Å². The average Bonchev–Trinajstić information content (AvgIpc) is 1.66. The van der Waals surface area contributed by atoms with Crippen molar-refractivity contribution in [2.75, 3.05) is 0 Å². The van der Waals surface area contributed by atoms with Crippen LogP contribution >= 0.6 is 9.85 Å². The first-order chi connectivity index (χ1) is 4.46. The Balaban J connectivity index is -0.0000000787. The second kappa shape index (κ2) is 17.0. The van der Waals surface area contributed by atoms with Crippen LogP contribution in [-0.2, 0) is 60.3 Å². The SMILES string of the molecule is [Cl][V].[O]=[Ti]([OH])[OH].[O]=[Ti]([OH])[OH]. The minimum atomic E-state index is -3.58. The topological polar surface area (TPSA) is 115 Å². The van der Waals surface area contributed by atoms with Crippen LogP contribution in [0.5, 0.6) is 0 Å². The van der Waals surface area contributed by atoms with Gasteiger partial charge in [-0.15, -0.1) is 0 Å². The second-order valence-electron chi connectivity index (χ2n) is 0.565. The van der Waals surface area contributed by atoms with Crippen LogP contribution in [-0.4, -0.2) is 14.8 Å². The summed E-state index contributed by atoms with van der Waals surface area (Å²) in [4.78, 5) is 0. The fourth-order valence-electron chi connectivity index (χ4n) is 0. The molecule has 0 amide bonds. The van der Waals surface area contributed by atoms with E-state index in [9.17, 15) is 0 Å².